The first-order valence-corrected chi connectivity index (χ1v) is 12.5. The number of amides is 1. The van der Waals surface area contributed by atoms with E-state index in [1.807, 2.05) is 60.7 Å². The SMILES string of the molecule is O=CC[C@@H](c1ccccc1)[C@]1(c2ccc(Cl)cc2)Oc2cc(NC(=O)OCc3ccccc3)ccc2C1=O. The molecule has 0 bridgehead atoms. The second kappa shape index (κ2) is 10.9. The summed E-state index contributed by atoms with van der Waals surface area (Å²) < 4.78 is 11.8. The molecule has 0 aliphatic carbocycles. The van der Waals surface area contributed by atoms with E-state index in [9.17, 15) is 14.4 Å². The van der Waals surface area contributed by atoms with E-state index in [2.05, 4.69) is 5.32 Å². The fourth-order valence-electron chi connectivity index (χ4n) is 4.81. The Morgan fingerprint density at radius 2 is 1.63 bits per heavy atom. The molecule has 7 heteroatoms. The molecule has 1 N–H and O–H groups in total. The first kappa shape index (κ1) is 25.2. The fourth-order valence-corrected chi connectivity index (χ4v) is 4.93. The van der Waals surface area contributed by atoms with E-state index < -0.39 is 17.6 Å². The Bertz CT molecular complexity index is 1460. The predicted octanol–water partition coefficient (Wildman–Crippen LogP) is 6.93. The minimum Gasteiger partial charge on any atom is -0.473 e. The van der Waals surface area contributed by atoms with Crippen molar-refractivity contribution in [3.05, 3.63) is 130 Å². The smallest absolute Gasteiger partial charge is 0.411 e. The second-order valence-corrected chi connectivity index (χ2v) is 9.37. The van der Waals surface area contributed by atoms with E-state index in [0.29, 0.717) is 27.6 Å². The maximum absolute atomic E-state index is 14.1. The van der Waals surface area contributed by atoms with Gasteiger partial charge in [0.15, 0.2) is 0 Å². The molecule has 0 unspecified atom stereocenters. The fraction of sp³-hybridized carbons (Fsp3) is 0.129. The number of ketones is 1. The minimum absolute atomic E-state index is 0.0588. The number of hydrogen-bond acceptors (Lipinski definition) is 5. The Morgan fingerprint density at radius 3 is 2.32 bits per heavy atom. The van der Waals surface area contributed by atoms with Crippen molar-refractivity contribution >= 4 is 35.5 Å². The second-order valence-electron chi connectivity index (χ2n) is 8.94. The predicted molar refractivity (Wildman–Crippen MR) is 145 cm³/mol. The topological polar surface area (TPSA) is 81.7 Å². The van der Waals surface area contributed by atoms with E-state index >= 15 is 0 Å². The summed E-state index contributed by atoms with van der Waals surface area (Å²) in [7, 11) is 0. The molecular weight excluding hydrogens is 502 g/mol. The summed E-state index contributed by atoms with van der Waals surface area (Å²) >= 11 is 6.15. The monoisotopic (exact) mass is 525 g/mol. The van der Waals surface area contributed by atoms with E-state index in [1.165, 1.54) is 0 Å². The Morgan fingerprint density at radius 1 is 0.947 bits per heavy atom. The van der Waals surface area contributed by atoms with Crippen molar-refractivity contribution in [2.24, 2.45) is 0 Å². The molecule has 1 aliphatic rings. The number of ether oxygens (including phenoxy) is 2. The highest BCUT2D eigenvalue weighted by molar-refractivity contribution is 6.30. The number of fused-ring (bicyclic) bond motifs is 1. The highest BCUT2D eigenvalue weighted by atomic mass is 35.5. The normalized spacial score (nSPS) is 16.7. The van der Waals surface area contributed by atoms with Crippen LogP contribution in [-0.2, 0) is 21.7 Å². The van der Waals surface area contributed by atoms with E-state index in [0.717, 1.165) is 17.4 Å². The molecule has 0 saturated heterocycles. The molecule has 5 rings (SSSR count). The minimum atomic E-state index is -1.50. The molecule has 2 atom stereocenters. The molecule has 6 nitrogen and oxygen atoms in total. The van der Waals surface area contributed by atoms with Gasteiger partial charge in [-0.25, -0.2) is 4.79 Å². The molecule has 1 aliphatic heterocycles. The van der Waals surface area contributed by atoms with Crippen LogP contribution in [0.25, 0.3) is 0 Å². The maximum Gasteiger partial charge on any atom is 0.411 e. The highest BCUT2D eigenvalue weighted by Crippen LogP contribution is 2.51. The number of Topliss-reactive ketones (excluding diaryl/α,β-unsaturated/α-hetero) is 1. The van der Waals surface area contributed by atoms with Crippen LogP contribution in [0.15, 0.2) is 103 Å². The standard InChI is InChI=1S/C31H24ClNO5/c32-24-13-11-23(12-14-24)31(27(17-18-34)22-9-5-2-6-10-22)29(35)26-16-15-25(19-28(26)38-31)33-30(36)37-20-21-7-3-1-4-8-21/h1-16,18-19,27H,17,20H2,(H,33,36)/t27-,31-/m0/s1. The summed E-state index contributed by atoms with van der Waals surface area (Å²) in [5.74, 6) is -0.573. The average molecular weight is 526 g/mol. The van der Waals surface area contributed by atoms with Crippen molar-refractivity contribution in [2.45, 2.75) is 24.5 Å². The lowest BCUT2D eigenvalue weighted by molar-refractivity contribution is -0.109. The molecule has 0 fully saturated rings. The van der Waals surface area contributed by atoms with Crippen LogP contribution in [-0.4, -0.2) is 18.2 Å². The Balaban J connectivity index is 1.47. The molecule has 190 valence electrons. The molecule has 0 radical (unpaired) electrons. The van der Waals surface area contributed by atoms with Crippen LogP contribution in [0.1, 0.15) is 39.4 Å². The van der Waals surface area contributed by atoms with E-state index in [1.54, 1.807) is 42.5 Å². The number of nitrogens with one attached hydrogen (secondary N) is 1. The lowest BCUT2D eigenvalue weighted by atomic mass is 9.72. The Hall–Kier alpha value is -4.42. The number of aldehydes is 1. The van der Waals surface area contributed by atoms with Gasteiger partial charge in [-0.2, -0.15) is 0 Å². The lowest BCUT2D eigenvalue weighted by Gasteiger charge is -2.35. The maximum atomic E-state index is 14.1. The summed E-state index contributed by atoms with van der Waals surface area (Å²) in [6.07, 6.45) is 0.221. The van der Waals surface area contributed by atoms with Crippen molar-refractivity contribution in [2.75, 3.05) is 5.32 Å². The molecule has 4 aromatic rings. The molecule has 4 aromatic carbocycles. The average Bonchev–Trinajstić information content (AvgIpc) is 3.24. The van der Waals surface area contributed by atoms with Crippen molar-refractivity contribution in [3.63, 3.8) is 0 Å². The van der Waals surface area contributed by atoms with Gasteiger partial charge in [-0.3, -0.25) is 10.1 Å². The molecule has 1 amide bonds. The van der Waals surface area contributed by atoms with Gasteiger partial charge >= 0.3 is 6.09 Å². The van der Waals surface area contributed by atoms with Gasteiger partial charge in [-0.05, 0) is 35.4 Å². The molecule has 1 heterocycles. The number of carbonyl (C=O) groups excluding carboxylic acids is 3. The molecule has 38 heavy (non-hydrogen) atoms. The van der Waals surface area contributed by atoms with Gasteiger partial charge in [0.05, 0.1) is 5.56 Å². The van der Waals surface area contributed by atoms with Crippen LogP contribution >= 0.6 is 11.6 Å². The van der Waals surface area contributed by atoms with Crippen LogP contribution in [0, 0.1) is 0 Å². The number of carbonyl (C=O) groups is 3. The first-order valence-electron chi connectivity index (χ1n) is 12.1. The van der Waals surface area contributed by atoms with Gasteiger partial charge in [0.25, 0.3) is 0 Å². The summed E-state index contributed by atoms with van der Waals surface area (Å²) in [6, 6.07) is 30.4. The number of benzene rings is 4. The Labute approximate surface area is 225 Å². The third-order valence-corrected chi connectivity index (χ3v) is 6.84. The number of hydrogen-bond donors (Lipinski definition) is 1. The highest BCUT2D eigenvalue weighted by Gasteiger charge is 2.55. The van der Waals surface area contributed by atoms with E-state index in [4.69, 9.17) is 21.1 Å². The van der Waals surface area contributed by atoms with Crippen LogP contribution < -0.4 is 10.1 Å². The summed E-state index contributed by atoms with van der Waals surface area (Å²) in [5.41, 5.74) is 1.50. The van der Waals surface area contributed by atoms with Crippen LogP contribution in [0.3, 0.4) is 0 Å². The lowest BCUT2D eigenvalue weighted by Crippen LogP contribution is -2.43. The van der Waals surface area contributed by atoms with Crippen molar-refractivity contribution in [1.29, 1.82) is 0 Å². The van der Waals surface area contributed by atoms with Crippen molar-refractivity contribution in [1.82, 2.24) is 0 Å². The van der Waals surface area contributed by atoms with Gasteiger partial charge in [0, 0.05) is 34.7 Å². The zero-order chi connectivity index (χ0) is 26.5. The van der Waals surface area contributed by atoms with E-state index in [-0.39, 0.29) is 18.8 Å². The zero-order valence-corrected chi connectivity index (χ0v) is 21.1. The number of anilines is 1. The summed E-state index contributed by atoms with van der Waals surface area (Å²) in [5, 5.41) is 3.20. The summed E-state index contributed by atoms with van der Waals surface area (Å²) in [4.78, 5) is 38.4. The number of halogens is 1. The quantitative estimate of drug-likeness (QED) is 0.252. The van der Waals surface area contributed by atoms with Gasteiger partial charge in [0.1, 0.15) is 18.6 Å². The van der Waals surface area contributed by atoms with Crippen LogP contribution in [0.5, 0.6) is 5.75 Å². The van der Waals surface area contributed by atoms with Crippen molar-refractivity contribution in [3.8, 4) is 5.75 Å². The third-order valence-electron chi connectivity index (χ3n) is 6.59. The van der Waals surface area contributed by atoms with Gasteiger partial charge < -0.3 is 14.3 Å². The van der Waals surface area contributed by atoms with Crippen LogP contribution in [0.2, 0.25) is 5.02 Å². The summed E-state index contributed by atoms with van der Waals surface area (Å²) in [6.45, 7) is 0.122. The molecule has 0 saturated carbocycles. The number of rotatable bonds is 8. The Kier molecular flexibility index (Phi) is 7.24. The molecule has 0 spiro atoms. The van der Waals surface area contributed by atoms with Gasteiger partial charge in [-0.1, -0.05) is 84.4 Å². The van der Waals surface area contributed by atoms with Gasteiger partial charge in [-0.15, -0.1) is 0 Å². The first-order chi connectivity index (χ1) is 18.5. The van der Waals surface area contributed by atoms with Gasteiger partial charge in [0.2, 0.25) is 11.4 Å². The van der Waals surface area contributed by atoms with Crippen LogP contribution in [0.4, 0.5) is 10.5 Å². The van der Waals surface area contributed by atoms with Crippen molar-refractivity contribution < 1.29 is 23.9 Å². The molecule has 0 aromatic heterocycles. The zero-order valence-electron chi connectivity index (χ0n) is 20.3. The third kappa shape index (κ3) is 4.91. The largest absolute Gasteiger partial charge is 0.473 e. The molecular formula is C31H24ClNO5.